The third-order valence-electron chi connectivity index (χ3n) is 3.52. The zero-order valence-corrected chi connectivity index (χ0v) is 13.0. The Morgan fingerprint density at radius 1 is 1.13 bits per heavy atom. The lowest BCUT2D eigenvalue weighted by Crippen LogP contribution is -2.24. The highest BCUT2D eigenvalue weighted by Crippen LogP contribution is 2.23. The molecule has 0 amide bonds. The quantitative estimate of drug-likeness (QED) is 0.758. The molecular formula is C14H18N6O3. The van der Waals surface area contributed by atoms with Gasteiger partial charge in [-0.2, -0.15) is 9.97 Å². The molecule has 1 aliphatic heterocycles. The number of hydrogen-bond acceptors (Lipinski definition) is 9. The molecule has 1 aliphatic rings. The molecule has 3 rings (SSSR count). The first-order valence-electron chi connectivity index (χ1n) is 7.26. The number of rotatable bonds is 6. The molecule has 1 fully saturated rings. The largest absolute Gasteiger partial charge is 0.476 e. The van der Waals surface area contributed by atoms with Gasteiger partial charge in [0, 0.05) is 31.4 Å². The number of aromatic nitrogens is 5. The smallest absolute Gasteiger partial charge is 0.324 e. The molecular weight excluding hydrogens is 300 g/mol. The van der Waals surface area contributed by atoms with Gasteiger partial charge in [-0.25, -0.2) is 4.98 Å². The molecule has 0 aliphatic carbocycles. The standard InChI is InChI=1S/C14H18N6O3/c1-21-13-17-12(18-14(19-13)22-2)20-6-3-10(8-20)9-23-11-7-15-4-5-16-11/h4-5,7,10H,3,6,8-9H2,1-2H3. The van der Waals surface area contributed by atoms with Crippen LogP contribution in [0.15, 0.2) is 18.6 Å². The zero-order valence-electron chi connectivity index (χ0n) is 13.0. The van der Waals surface area contributed by atoms with Crippen molar-refractivity contribution in [1.82, 2.24) is 24.9 Å². The van der Waals surface area contributed by atoms with E-state index >= 15 is 0 Å². The average Bonchev–Trinajstić information content (AvgIpc) is 3.09. The molecule has 9 nitrogen and oxygen atoms in total. The summed E-state index contributed by atoms with van der Waals surface area (Å²) in [6.45, 7) is 2.20. The number of methoxy groups -OCH3 is 2. The summed E-state index contributed by atoms with van der Waals surface area (Å²) in [7, 11) is 3.03. The second-order valence-electron chi connectivity index (χ2n) is 5.06. The van der Waals surface area contributed by atoms with Crippen LogP contribution in [0.4, 0.5) is 5.95 Å². The Labute approximate surface area is 133 Å². The number of ether oxygens (including phenoxy) is 3. The maximum atomic E-state index is 5.66. The number of anilines is 1. The highest BCUT2D eigenvalue weighted by molar-refractivity contribution is 5.33. The van der Waals surface area contributed by atoms with Gasteiger partial charge in [0.15, 0.2) is 0 Å². The van der Waals surface area contributed by atoms with E-state index in [0.717, 1.165) is 19.5 Å². The molecule has 2 aromatic heterocycles. The summed E-state index contributed by atoms with van der Waals surface area (Å²) in [5, 5.41) is 0. The van der Waals surface area contributed by atoms with Crippen molar-refractivity contribution in [3.63, 3.8) is 0 Å². The highest BCUT2D eigenvalue weighted by atomic mass is 16.5. The molecule has 0 spiro atoms. The summed E-state index contributed by atoms with van der Waals surface area (Å²) in [5.41, 5.74) is 0. The molecule has 0 saturated carbocycles. The van der Waals surface area contributed by atoms with Crippen LogP contribution in [0.3, 0.4) is 0 Å². The normalized spacial score (nSPS) is 17.1. The lowest BCUT2D eigenvalue weighted by atomic mass is 10.1. The van der Waals surface area contributed by atoms with Crippen molar-refractivity contribution in [2.45, 2.75) is 6.42 Å². The molecule has 9 heteroatoms. The van der Waals surface area contributed by atoms with Crippen LogP contribution in [0.5, 0.6) is 17.9 Å². The fourth-order valence-electron chi connectivity index (χ4n) is 2.37. The topological polar surface area (TPSA) is 95.4 Å². The van der Waals surface area contributed by atoms with E-state index in [1.54, 1.807) is 18.6 Å². The van der Waals surface area contributed by atoms with E-state index in [2.05, 4.69) is 29.8 Å². The van der Waals surface area contributed by atoms with E-state index in [4.69, 9.17) is 14.2 Å². The SMILES string of the molecule is COc1nc(OC)nc(N2CCC(COc3cnccn3)C2)n1. The van der Waals surface area contributed by atoms with Crippen molar-refractivity contribution in [1.29, 1.82) is 0 Å². The predicted molar refractivity (Wildman–Crippen MR) is 80.8 cm³/mol. The molecule has 3 heterocycles. The minimum Gasteiger partial charge on any atom is -0.476 e. The first-order valence-corrected chi connectivity index (χ1v) is 7.26. The summed E-state index contributed by atoms with van der Waals surface area (Å²) in [5.74, 6) is 1.45. The van der Waals surface area contributed by atoms with Crippen LogP contribution in [0.1, 0.15) is 6.42 Å². The predicted octanol–water partition coefficient (Wildman–Crippen LogP) is 0.584. The summed E-state index contributed by atoms with van der Waals surface area (Å²) in [4.78, 5) is 22.7. The van der Waals surface area contributed by atoms with Gasteiger partial charge in [0.05, 0.1) is 27.0 Å². The Bertz CT molecular complexity index is 619. The van der Waals surface area contributed by atoms with Crippen molar-refractivity contribution < 1.29 is 14.2 Å². The fourth-order valence-corrected chi connectivity index (χ4v) is 2.37. The van der Waals surface area contributed by atoms with Gasteiger partial charge in [-0.1, -0.05) is 0 Å². The number of nitrogens with zero attached hydrogens (tertiary/aromatic N) is 6. The third-order valence-corrected chi connectivity index (χ3v) is 3.52. The third kappa shape index (κ3) is 3.74. The van der Waals surface area contributed by atoms with Gasteiger partial charge in [-0.3, -0.25) is 4.98 Å². The Hall–Kier alpha value is -2.71. The van der Waals surface area contributed by atoms with E-state index in [0.29, 0.717) is 24.4 Å². The van der Waals surface area contributed by atoms with Crippen LogP contribution in [0, 0.1) is 5.92 Å². The van der Waals surface area contributed by atoms with Crippen molar-refractivity contribution in [3.8, 4) is 17.9 Å². The van der Waals surface area contributed by atoms with Gasteiger partial charge in [-0.15, -0.1) is 4.98 Å². The van der Waals surface area contributed by atoms with Crippen LogP contribution in [-0.2, 0) is 0 Å². The van der Waals surface area contributed by atoms with Crippen molar-refractivity contribution >= 4 is 5.95 Å². The van der Waals surface area contributed by atoms with Gasteiger partial charge >= 0.3 is 12.0 Å². The van der Waals surface area contributed by atoms with Gasteiger partial charge in [-0.05, 0) is 6.42 Å². The first-order chi connectivity index (χ1) is 11.3. The Balaban J connectivity index is 1.61. The van der Waals surface area contributed by atoms with Crippen molar-refractivity contribution in [3.05, 3.63) is 18.6 Å². The fraction of sp³-hybridized carbons (Fsp3) is 0.500. The summed E-state index contributed by atoms with van der Waals surface area (Å²) >= 11 is 0. The molecule has 23 heavy (non-hydrogen) atoms. The van der Waals surface area contributed by atoms with Crippen LogP contribution in [0.2, 0.25) is 0 Å². The second-order valence-corrected chi connectivity index (χ2v) is 5.06. The monoisotopic (exact) mass is 318 g/mol. The minimum absolute atomic E-state index is 0.242. The second kappa shape index (κ2) is 7.03. The Kier molecular flexibility index (Phi) is 4.65. The summed E-state index contributed by atoms with van der Waals surface area (Å²) in [6.07, 6.45) is 5.82. The molecule has 0 bridgehead atoms. The molecule has 1 atom stereocenters. The first kappa shape index (κ1) is 15.2. The van der Waals surface area contributed by atoms with Gasteiger partial charge in [0.1, 0.15) is 0 Å². The maximum absolute atomic E-state index is 5.66. The van der Waals surface area contributed by atoms with Gasteiger partial charge in [0.25, 0.3) is 0 Å². The van der Waals surface area contributed by atoms with E-state index in [1.807, 2.05) is 0 Å². The molecule has 0 N–H and O–H groups in total. The van der Waals surface area contributed by atoms with E-state index in [9.17, 15) is 0 Å². The van der Waals surface area contributed by atoms with E-state index < -0.39 is 0 Å². The van der Waals surface area contributed by atoms with Crippen molar-refractivity contribution in [2.24, 2.45) is 5.92 Å². The molecule has 0 aromatic carbocycles. The lowest BCUT2D eigenvalue weighted by molar-refractivity contribution is 0.251. The maximum Gasteiger partial charge on any atom is 0.324 e. The van der Waals surface area contributed by atoms with Gasteiger partial charge < -0.3 is 19.1 Å². The highest BCUT2D eigenvalue weighted by Gasteiger charge is 2.26. The minimum atomic E-state index is 0.242. The molecule has 1 saturated heterocycles. The van der Waals surface area contributed by atoms with Crippen molar-refractivity contribution in [2.75, 3.05) is 38.8 Å². The van der Waals surface area contributed by atoms with Gasteiger partial charge in [0.2, 0.25) is 11.8 Å². The van der Waals surface area contributed by atoms with E-state index in [1.165, 1.54) is 14.2 Å². The lowest BCUT2D eigenvalue weighted by Gasteiger charge is -2.17. The average molecular weight is 318 g/mol. The molecule has 0 radical (unpaired) electrons. The Morgan fingerprint density at radius 2 is 1.91 bits per heavy atom. The summed E-state index contributed by atoms with van der Waals surface area (Å²) < 4.78 is 15.8. The van der Waals surface area contributed by atoms with Crippen LogP contribution in [0.25, 0.3) is 0 Å². The summed E-state index contributed by atoms with van der Waals surface area (Å²) in [6, 6.07) is 0.484. The van der Waals surface area contributed by atoms with Crippen LogP contribution in [-0.4, -0.2) is 58.8 Å². The number of hydrogen-bond donors (Lipinski definition) is 0. The molecule has 2 aromatic rings. The zero-order chi connectivity index (χ0) is 16.1. The van der Waals surface area contributed by atoms with Crippen LogP contribution >= 0.6 is 0 Å². The van der Waals surface area contributed by atoms with Crippen LogP contribution < -0.4 is 19.1 Å². The molecule has 1 unspecified atom stereocenters. The Morgan fingerprint density at radius 3 is 2.57 bits per heavy atom. The van der Waals surface area contributed by atoms with E-state index in [-0.39, 0.29) is 12.0 Å². The molecule has 122 valence electrons.